The molecule has 0 aliphatic rings. The zero-order valence-corrected chi connectivity index (χ0v) is 13.5. The molecule has 0 spiro atoms. The first kappa shape index (κ1) is 15.8. The van der Waals surface area contributed by atoms with Crippen LogP contribution in [0.15, 0.2) is 54.0 Å². The largest absolute Gasteiger partial charge is 0.438 e. The highest BCUT2D eigenvalue weighted by atomic mass is 32.1. The van der Waals surface area contributed by atoms with Crippen LogP contribution < -0.4 is 10.1 Å². The van der Waals surface area contributed by atoms with E-state index >= 15 is 0 Å². The lowest BCUT2D eigenvalue weighted by molar-refractivity contribution is 0.100. The van der Waals surface area contributed by atoms with Gasteiger partial charge >= 0.3 is 0 Å². The number of nitrogens with one attached hydrogen (secondary N) is 1. The van der Waals surface area contributed by atoms with E-state index in [2.05, 4.69) is 15.3 Å². The van der Waals surface area contributed by atoms with Crippen LogP contribution in [-0.2, 0) is 0 Å². The quantitative estimate of drug-likeness (QED) is 0.715. The van der Waals surface area contributed by atoms with Gasteiger partial charge < -0.3 is 4.74 Å². The number of benzene rings is 1. The number of thiazole rings is 1. The maximum atomic E-state index is 12.5. The van der Waals surface area contributed by atoms with Crippen LogP contribution in [0.1, 0.15) is 27.8 Å². The molecule has 0 atom stereocenters. The topological polar surface area (TPSA) is 81.2 Å². The molecule has 3 aromatic rings. The summed E-state index contributed by atoms with van der Waals surface area (Å²) < 4.78 is 5.67. The van der Waals surface area contributed by atoms with Gasteiger partial charge in [0.25, 0.3) is 5.91 Å². The summed E-state index contributed by atoms with van der Waals surface area (Å²) in [5.41, 5.74) is 0.600. The molecule has 3 rings (SSSR count). The summed E-state index contributed by atoms with van der Waals surface area (Å²) >= 11 is 1.19. The highest BCUT2D eigenvalue weighted by Gasteiger charge is 2.16. The SMILES string of the molecule is CC(=O)c1csc(NC(=O)c2cccnc2Oc2ccccc2)n1. The van der Waals surface area contributed by atoms with Crippen molar-refractivity contribution in [1.82, 2.24) is 9.97 Å². The molecule has 2 heterocycles. The van der Waals surface area contributed by atoms with Gasteiger partial charge in [-0.3, -0.25) is 14.9 Å². The Kier molecular flexibility index (Phi) is 4.62. The molecule has 6 nitrogen and oxygen atoms in total. The normalized spacial score (nSPS) is 10.2. The van der Waals surface area contributed by atoms with Gasteiger partial charge in [0.15, 0.2) is 10.9 Å². The van der Waals surface area contributed by atoms with Crippen molar-refractivity contribution in [2.24, 2.45) is 0 Å². The van der Waals surface area contributed by atoms with Gasteiger partial charge in [-0.05, 0) is 24.3 Å². The first-order chi connectivity index (χ1) is 11.6. The number of hydrogen-bond donors (Lipinski definition) is 1. The molecule has 24 heavy (non-hydrogen) atoms. The van der Waals surface area contributed by atoms with Gasteiger partial charge in [0.2, 0.25) is 5.88 Å². The number of amides is 1. The summed E-state index contributed by atoms with van der Waals surface area (Å²) in [5, 5.41) is 4.60. The fourth-order valence-electron chi connectivity index (χ4n) is 1.90. The number of anilines is 1. The molecule has 2 aromatic heterocycles. The standard InChI is InChI=1S/C17H13N3O3S/c1-11(21)14-10-24-17(19-14)20-15(22)13-8-5-9-18-16(13)23-12-6-3-2-4-7-12/h2-10H,1H3,(H,19,20,22). The Hall–Kier alpha value is -3.06. The minimum atomic E-state index is -0.404. The predicted octanol–water partition coefficient (Wildman–Crippen LogP) is 3.79. The lowest BCUT2D eigenvalue weighted by atomic mass is 10.2. The summed E-state index contributed by atoms with van der Waals surface area (Å²) in [6, 6.07) is 12.3. The molecule has 1 amide bonds. The minimum Gasteiger partial charge on any atom is -0.438 e. The molecule has 0 fully saturated rings. The van der Waals surface area contributed by atoms with Gasteiger partial charge in [0, 0.05) is 18.5 Å². The Labute approximate surface area is 142 Å². The summed E-state index contributed by atoms with van der Waals surface area (Å²) in [5.74, 6) is 0.225. The van der Waals surface area contributed by atoms with E-state index in [0.29, 0.717) is 16.6 Å². The zero-order chi connectivity index (χ0) is 16.9. The van der Waals surface area contributed by atoms with Crippen molar-refractivity contribution >= 4 is 28.2 Å². The average molecular weight is 339 g/mol. The highest BCUT2D eigenvalue weighted by Crippen LogP contribution is 2.24. The van der Waals surface area contributed by atoms with Crippen LogP contribution in [0.25, 0.3) is 0 Å². The van der Waals surface area contributed by atoms with Gasteiger partial charge in [0.1, 0.15) is 17.0 Å². The first-order valence-electron chi connectivity index (χ1n) is 7.09. The minimum absolute atomic E-state index is 0.152. The third-order valence-corrected chi connectivity index (χ3v) is 3.82. The van der Waals surface area contributed by atoms with Crippen LogP contribution in [-0.4, -0.2) is 21.7 Å². The molecule has 1 N–H and O–H groups in total. The molecule has 120 valence electrons. The van der Waals surface area contributed by atoms with Crippen molar-refractivity contribution in [3.05, 3.63) is 65.3 Å². The fourth-order valence-corrected chi connectivity index (χ4v) is 2.65. The summed E-state index contributed by atoms with van der Waals surface area (Å²) in [6.45, 7) is 1.42. The van der Waals surface area contributed by atoms with Gasteiger partial charge in [-0.2, -0.15) is 0 Å². The fraction of sp³-hybridized carbons (Fsp3) is 0.0588. The van der Waals surface area contributed by atoms with Gasteiger partial charge in [-0.15, -0.1) is 11.3 Å². The van der Waals surface area contributed by atoms with E-state index in [0.717, 1.165) is 0 Å². The molecule has 0 saturated carbocycles. The van der Waals surface area contributed by atoms with Crippen molar-refractivity contribution in [2.75, 3.05) is 5.32 Å². The van der Waals surface area contributed by atoms with Crippen LogP contribution in [0.4, 0.5) is 5.13 Å². The number of ether oxygens (including phenoxy) is 1. The number of Topliss-reactive ketones (excluding diaryl/α,β-unsaturated/α-hetero) is 1. The van der Waals surface area contributed by atoms with Crippen LogP contribution in [0.2, 0.25) is 0 Å². The molecule has 0 unspecified atom stereocenters. The monoisotopic (exact) mass is 339 g/mol. The second-order valence-corrected chi connectivity index (χ2v) is 5.68. The molecule has 0 aliphatic heterocycles. The number of carbonyl (C=O) groups excluding carboxylic acids is 2. The summed E-state index contributed by atoms with van der Waals surface area (Å²) in [7, 11) is 0. The third-order valence-electron chi connectivity index (χ3n) is 3.06. The molecule has 0 bridgehead atoms. The predicted molar refractivity (Wildman–Crippen MR) is 90.8 cm³/mol. The first-order valence-corrected chi connectivity index (χ1v) is 7.97. The van der Waals surface area contributed by atoms with Gasteiger partial charge in [-0.25, -0.2) is 9.97 Å². The number of carbonyl (C=O) groups is 2. The van der Waals surface area contributed by atoms with Gasteiger partial charge in [0.05, 0.1) is 0 Å². The Morgan fingerprint density at radius 1 is 1.12 bits per heavy atom. The van der Waals surface area contributed by atoms with Gasteiger partial charge in [-0.1, -0.05) is 18.2 Å². The maximum Gasteiger partial charge on any atom is 0.262 e. The molecule has 1 aromatic carbocycles. The number of rotatable bonds is 5. The maximum absolute atomic E-state index is 12.5. The molecular weight excluding hydrogens is 326 g/mol. The van der Waals surface area contributed by atoms with E-state index in [4.69, 9.17) is 4.74 Å². The Bertz CT molecular complexity index is 878. The zero-order valence-electron chi connectivity index (χ0n) is 12.7. The Morgan fingerprint density at radius 2 is 1.92 bits per heavy atom. The Morgan fingerprint density at radius 3 is 2.62 bits per heavy atom. The van der Waals surface area contributed by atoms with E-state index < -0.39 is 5.91 Å². The van der Waals surface area contributed by atoms with E-state index in [1.54, 1.807) is 35.8 Å². The second-order valence-electron chi connectivity index (χ2n) is 4.82. The molecule has 0 saturated heterocycles. The summed E-state index contributed by atoms with van der Waals surface area (Å²) in [6.07, 6.45) is 1.55. The second kappa shape index (κ2) is 7.01. The number of aromatic nitrogens is 2. The summed E-state index contributed by atoms with van der Waals surface area (Å²) in [4.78, 5) is 31.9. The van der Waals surface area contributed by atoms with Crippen LogP contribution >= 0.6 is 11.3 Å². The van der Waals surface area contributed by atoms with Crippen molar-refractivity contribution in [2.45, 2.75) is 6.92 Å². The molecule has 0 aliphatic carbocycles. The number of ketones is 1. The van der Waals surface area contributed by atoms with Crippen LogP contribution in [0.5, 0.6) is 11.6 Å². The number of nitrogens with zero attached hydrogens (tertiary/aromatic N) is 2. The lowest BCUT2D eigenvalue weighted by Crippen LogP contribution is -2.13. The number of para-hydroxylation sites is 1. The van der Waals surface area contributed by atoms with E-state index in [9.17, 15) is 9.59 Å². The molecule has 0 radical (unpaired) electrons. The third kappa shape index (κ3) is 3.64. The average Bonchev–Trinajstić information content (AvgIpc) is 3.05. The van der Waals surface area contributed by atoms with Crippen molar-refractivity contribution < 1.29 is 14.3 Å². The van der Waals surface area contributed by atoms with Crippen LogP contribution in [0, 0.1) is 0 Å². The number of pyridine rings is 1. The van der Waals surface area contributed by atoms with E-state index in [1.807, 2.05) is 18.2 Å². The number of hydrogen-bond acceptors (Lipinski definition) is 6. The van der Waals surface area contributed by atoms with Crippen molar-refractivity contribution in [3.8, 4) is 11.6 Å². The smallest absolute Gasteiger partial charge is 0.262 e. The van der Waals surface area contributed by atoms with E-state index in [1.165, 1.54) is 18.3 Å². The Balaban J connectivity index is 1.80. The van der Waals surface area contributed by atoms with E-state index in [-0.39, 0.29) is 17.2 Å². The van der Waals surface area contributed by atoms with Crippen molar-refractivity contribution in [1.29, 1.82) is 0 Å². The molecule has 7 heteroatoms. The lowest BCUT2D eigenvalue weighted by Gasteiger charge is -2.09. The molecular formula is C17H13N3O3S. The van der Waals surface area contributed by atoms with Crippen molar-refractivity contribution in [3.63, 3.8) is 0 Å². The highest BCUT2D eigenvalue weighted by molar-refractivity contribution is 7.14. The van der Waals surface area contributed by atoms with Crippen LogP contribution in [0.3, 0.4) is 0 Å².